The molecule has 0 atom stereocenters. The second-order valence-corrected chi connectivity index (χ2v) is 2.99. The van der Waals surface area contributed by atoms with Gasteiger partial charge in [0.05, 0.1) is 6.20 Å². The van der Waals surface area contributed by atoms with Crippen LogP contribution in [-0.4, -0.2) is 26.6 Å². The van der Waals surface area contributed by atoms with Gasteiger partial charge in [-0.2, -0.15) is 4.98 Å². The Morgan fingerprint density at radius 1 is 1.50 bits per heavy atom. The molecule has 0 saturated heterocycles. The van der Waals surface area contributed by atoms with Gasteiger partial charge < -0.3 is 5.32 Å². The first-order chi connectivity index (χ1) is 6.81. The fourth-order valence-electron chi connectivity index (χ4n) is 1.04. The first-order valence-electron chi connectivity index (χ1n) is 4.00. The molecule has 0 unspecified atom stereocenters. The number of hydrogen-bond donors (Lipinski definition) is 1. The third-order valence-corrected chi connectivity index (χ3v) is 1.96. The van der Waals surface area contributed by atoms with Crippen LogP contribution in [0, 0.1) is 0 Å². The molecule has 2 rings (SSSR count). The van der Waals surface area contributed by atoms with Gasteiger partial charge in [0, 0.05) is 19.4 Å². The fourth-order valence-corrected chi connectivity index (χ4v) is 1.23. The van der Waals surface area contributed by atoms with Crippen LogP contribution in [0.1, 0.15) is 0 Å². The van der Waals surface area contributed by atoms with Crippen LogP contribution in [0.4, 0.5) is 5.95 Å². The van der Waals surface area contributed by atoms with E-state index in [0.717, 1.165) is 0 Å². The second kappa shape index (κ2) is 3.63. The van der Waals surface area contributed by atoms with E-state index >= 15 is 0 Å². The molecule has 0 saturated carbocycles. The van der Waals surface area contributed by atoms with E-state index in [2.05, 4.69) is 20.3 Å². The highest BCUT2D eigenvalue weighted by Gasteiger charge is 2.05. The van der Waals surface area contributed by atoms with Crippen LogP contribution in [0.2, 0.25) is 5.02 Å². The van der Waals surface area contributed by atoms with Gasteiger partial charge in [-0.15, -0.1) is 0 Å². The predicted octanol–water partition coefficient (Wildman–Crippen LogP) is 1.36. The Balaban J connectivity index is 2.51. The van der Waals surface area contributed by atoms with Gasteiger partial charge in [0.15, 0.2) is 5.82 Å². The molecule has 2 heterocycles. The Bertz CT molecular complexity index is 425. The van der Waals surface area contributed by atoms with Gasteiger partial charge in [0.25, 0.3) is 0 Å². The molecule has 6 heteroatoms. The molecule has 0 bridgehead atoms. The predicted molar refractivity (Wildman–Crippen MR) is 53.7 cm³/mol. The molecule has 5 nitrogen and oxygen atoms in total. The molecule has 14 heavy (non-hydrogen) atoms. The molecule has 72 valence electrons. The average Bonchev–Trinajstić information content (AvgIpc) is 2.71. The number of aromatic nitrogens is 4. The van der Waals surface area contributed by atoms with Gasteiger partial charge in [-0.3, -0.25) is 4.57 Å². The second-order valence-electron chi connectivity index (χ2n) is 2.59. The van der Waals surface area contributed by atoms with Gasteiger partial charge in [0.1, 0.15) is 11.3 Å². The van der Waals surface area contributed by atoms with Gasteiger partial charge in [-0.05, 0) is 0 Å². The van der Waals surface area contributed by atoms with E-state index in [0.29, 0.717) is 16.8 Å². The quantitative estimate of drug-likeness (QED) is 0.812. The van der Waals surface area contributed by atoms with E-state index in [-0.39, 0.29) is 0 Å². The summed E-state index contributed by atoms with van der Waals surface area (Å²) in [6, 6.07) is 0. The molecule has 0 aliphatic rings. The monoisotopic (exact) mass is 209 g/mol. The number of imidazole rings is 1. The largest absolute Gasteiger partial charge is 0.357 e. The maximum absolute atomic E-state index is 5.94. The molecular weight excluding hydrogens is 202 g/mol. The van der Waals surface area contributed by atoms with Gasteiger partial charge >= 0.3 is 0 Å². The van der Waals surface area contributed by atoms with Crippen LogP contribution < -0.4 is 5.32 Å². The van der Waals surface area contributed by atoms with E-state index in [4.69, 9.17) is 11.6 Å². The summed E-state index contributed by atoms with van der Waals surface area (Å²) in [6.07, 6.45) is 6.62. The minimum Gasteiger partial charge on any atom is -0.357 e. The van der Waals surface area contributed by atoms with Crippen LogP contribution in [0.5, 0.6) is 0 Å². The van der Waals surface area contributed by atoms with Crippen molar-refractivity contribution in [1.29, 1.82) is 0 Å². The summed E-state index contributed by atoms with van der Waals surface area (Å²) in [5.74, 6) is 1.14. The number of nitrogens with zero attached hydrogens (tertiary/aromatic N) is 4. The zero-order chi connectivity index (χ0) is 9.97. The highest BCUT2D eigenvalue weighted by Crippen LogP contribution is 2.17. The number of halogens is 1. The maximum Gasteiger partial charge on any atom is 0.224 e. The number of nitrogens with one attached hydrogen (secondary N) is 1. The summed E-state index contributed by atoms with van der Waals surface area (Å²) >= 11 is 5.94. The van der Waals surface area contributed by atoms with E-state index in [1.165, 1.54) is 0 Å². The molecule has 2 aromatic heterocycles. The van der Waals surface area contributed by atoms with E-state index in [1.807, 2.05) is 0 Å². The molecule has 1 N–H and O–H groups in total. The summed E-state index contributed by atoms with van der Waals surface area (Å²) < 4.78 is 1.73. The topological polar surface area (TPSA) is 55.6 Å². The van der Waals surface area contributed by atoms with E-state index in [1.54, 1.807) is 36.5 Å². The highest BCUT2D eigenvalue weighted by atomic mass is 35.5. The Morgan fingerprint density at radius 3 is 3.00 bits per heavy atom. The van der Waals surface area contributed by atoms with Crippen molar-refractivity contribution in [3.05, 3.63) is 29.9 Å². The van der Waals surface area contributed by atoms with Crippen molar-refractivity contribution in [2.45, 2.75) is 0 Å². The van der Waals surface area contributed by atoms with Gasteiger partial charge in [-0.1, -0.05) is 11.6 Å². The summed E-state index contributed by atoms with van der Waals surface area (Å²) in [6.45, 7) is 0. The van der Waals surface area contributed by atoms with Crippen molar-refractivity contribution in [3.63, 3.8) is 0 Å². The molecule has 0 aliphatic carbocycles. The summed E-state index contributed by atoms with van der Waals surface area (Å²) in [5, 5.41) is 3.33. The van der Waals surface area contributed by atoms with Crippen molar-refractivity contribution >= 4 is 17.5 Å². The van der Waals surface area contributed by atoms with Crippen LogP contribution in [0.3, 0.4) is 0 Å². The average molecular weight is 210 g/mol. The van der Waals surface area contributed by atoms with Crippen molar-refractivity contribution in [2.75, 3.05) is 12.4 Å². The molecule has 0 aliphatic heterocycles. The van der Waals surface area contributed by atoms with Crippen LogP contribution >= 0.6 is 11.6 Å². The zero-order valence-electron chi connectivity index (χ0n) is 7.48. The minimum atomic E-state index is 0.488. The molecule has 0 amide bonds. The lowest BCUT2D eigenvalue weighted by molar-refractivity contribution is 0.972. The van der Waals surface area contributed by atoms with Crippen LogP contribution in [0.25, 0.3) is 5.82 Å². The Morgan fingerprint density at radius 2 is 2.36 bits per heavy atom. The molecule has 0 radical (unpaired) electrons. The third-order valence-electron chi connectivity index (χ3n) is 1.70. The Labute approximate surface area is 85.8 Å². The molecular formula is C8H8ClN5. The molecule has 0 spiro atoms. The van der Waals surface area contributed by atoms with Crippen molar-refractivity contribution in [3.8, 4) is 5.82 Å². The number of hydrogen-bond acceptors (Lipinski definition) is 4. The van der Waals surface area contributed by atoms with E-state index < -0.39 is 0 Å². The van der Waals surface area contributed by atoms with Crippen LogP contribution in [-0.2, 0) is 0 Å². The maximum atomic E-state index is 5.94. The van der Waals surface area contributed by atoms with Crippen molar-refractivity contribution in [1.82, 2.24) is 19.5 Å². The zero-order valence-corrected chi connectivity index (χ0v) is 8.23. The lowest BCUT2D eigenvalue weighted by Gasteiger charge is -2.05. The third kappa shape index (κ3) is 1.54. The van der Waals surface area contributed by atoms with Gasteiger partial charge in [0.2, 0.25) is 5.95 Å². The molecule has 2 aromatic rings. The normalized spacial score (nSPS) is 10.1. The molecule has 0 fully saturated rings. The summed E-state index contributed by atoms with van der Waals surface area (Å²) in [7, 11) is 1.75. The molecule has 0 aromatic carbocycles. The Kier molecular flexibility index (Phi) is 2.32. The van der Waals surface area contributed by atoms with Crippen LogP contribution in [0.15, 0.2) is 24.9 Å². The SMILES string of the molecule is CNc1ncc(Cl)c(-n2ccnc2)n1. The van der Waals surface area contributed by atoms with E-state index in [9.17, 15) is 0 Å². The smallest absolute Gasteiger partial charge is 0.224 e. The first kappa shape index (κ1) is 8.96. The standard InChI is InChI=1S/C8H8ClN5/c1-10-8-12-4-6(9)7(13-8)14-3-2-11-5-14/h2-5H,1H3,(H,10,12,13). The lowest BCUT2D eigenvalue weighted by Crippen LogP contribution is -2.02. The first-order valence-corrected chi connectivity index (χ1v) is 4.37. The summed E-state index contributed by atoms with van der Waals surface area (Å²) in [4.78, 5) is 12.1. The van der Waals surface area contributed by atoms with Crippen molar-refractivity contribution in [2.24, 2.45) is 0 Å². The highest BCUT2D eigenvalue weighted by molar-refractivity contribution is 6.32. The number of anilines is 1. The lowest BCUT2D eigenvalue weighted by atomic mass is 10.5. The number of rotatable bonds is 2. The Hall–Kier alpha value is -1.62. The fraction of sp³-hybridized carbons (Fsp3) is 0.125. The summed E-state index contributed by atoms with van der Waals surface area (Å²) in [5.41, 5.74) is 0. The van der Waals surface area contributed by atoms with Crippen molar-refractivity contribution < 1.29 is 0 Å². The minimum absolute atomic E-state index is 0.488. The van der Waals surface area contributed by atoms with Gasteiger partial charge in [-0.25, -0.2) is 9.97 Å².